The van der Waals surface area contributed by atoms with Gasteiger partial charge in [0.15, 0.2) is 0 Å². The van der Waals surface area contributed by atoms with Gasteiger partial charge in [0.05, 0.1) is 0 Å². The van der Waals surface area contributed by atoms with Crippen LogP contribution in [0.15, 0.2) is 48.5 Å². The van der Waals surface area contributed by atoms with Gasteiger partial charge in [0.1, 0.15) is 0 Å². The van der Waals surface area contributed by atoms with E-state index in [0.717, 1.165) is 11.5 Å². The highest BCUT2D eigenvalue weighted by molar-refractivity contribution is 7.98. The van der Waals surface area contributed by atoms with Crippen LogP contribution in [0.1, 0.15) is 28.2 Å². The van der Waals surface area contributed by atoms with Gasteiger partial charge in [-0.05, 0) is 31.5 Å². The lowest BCUT2D eigenvalue weighted by Crippen LogP contribution is -2.14. The Hall–Kier alpha value is -1.25. The van der Waals surface area contributed by atoms with Crippen molar-refractivity contribution in [2.24, 2.45) is 5.73 Å². The molecule has 1 atom stereocenters. The molecule has 0 saturated carbocycles. The molecule has 0 bridgehead atoms. The van der Waals surface area contributed by atoms with Crippen LogP contribution >= 0.6 is 11.8 Å². The lowest BCUT2D eigenvalue weighted by molar-refractivity contribution is 0.785. The van der Waals surface area contributed by atoms with Gasteiger partial charge in [0.25, 0.3) is 0 Å². The molecule has 2 aromatic rings. The molecule has 0 amide bonds. The van der Waals surface area contributed by atoms with E-state index < -0.39 is 0 Å². The molecule has 2 rings (SSSR count). The fourth-order valence-electron chi connectivity index (χ4n) is 2.50. The van der Waals surface area contributed by atoms with Crippen LogP contribution in [0, 0.1) is 13.8 Å². The normalized spacial score (nSPS) is 12.3. The number of hydrogen-bond donors (Lipinski definition) is 1. The van der Waals surface area contributed by atoms with E-state index in [2.05, 4.69) is 62.4 Å². The van der Waals surface area contributed by atoms with Crippen molar-refractivity contribution >= 4 is 11.8 Å². The van der Waals surface area contributed by atoms with Gasteiger partial charge >= 0.3 is 0 Å². The molecule has 0 aliphatic carbocycles. The van der Waals surface area contributed by atoms with Gasteiger partial charge in [-0.1, -0.05) is 59.7 Å². The molecule has 0 aromatic heterocycles. The second-order valence-electron chi connectivity index (χ2n) is 5.35. The van der Waals surface area contributed by atoms with Crippen molar-refractivity contribution in [3.05, 3.63) is 70.8 Å². The minimum Gasteiger partial charge on any atom is -0.330 e. The molecule has 0 aliphatic heterocycles. The van der Waals surface area contributed by atoms with Crippen LogP contribution in [0.4, 0.5) is 0 Å². The third-order valence-electron chi connectivity index (χ3n) is 3.42. The van der Waals surface area contributed by atoms with Crippen LogP contribution in [0.3, 0.4) is 0 Å². The van der Waals surface area contributed by atoms with E-state index >= 15 is 0 Å². The molecular weight excluding hydrogens is 262 g/mol. The first kappa shape index (κ1) is 15.1. The first-order valence-electron chi connectivity index (χ1n) is 7.09. The van der Waals surface area contributed by atoms with Crippen molar-refractivity contribution in [3.63, 3.8) is 0 Å². The van der Waals surface area contributed by atoms with E-state index in [-0.39, 0.29) is 0 Å². The Morgan fingerprint density at radius 1 is 1.00 bits per heavy atom. The summed E-state index contributed by atoms with van der Waals surface area (Å²) in [6, 6.07) is 17.4. The van der Waals surface area contributed by atoms with Crippen molar-refractivity contribution in [2.45, 2.75) is 25.5 Å². The highest BCUT2D eigenvalue weighted by atomic mass is 32.2. The summed E-state index contributed by atoms with van der Waals surface area (Å²) >= 11 is 1.97. The van der Waals surface area contributed by atoms with E-state index in [1.165, 1.54) is 22.3 Å². The second kappa shape index (κ2) is 7.51. The van der Waals surface area contributed by atoms with Gasteiger partial charge in [-0.3, -0.25) is 0 Å². The molecule has 0 saturated heterocycles. The van der Waals surface area contributed by atoms with Crippen LogP contribution < -0.4 is 5.73 Å². The van der Waals surface area contributed by atoms with Gasteiger partial charge in [0, 0.05) is 17.4 Å². The maximum atomic E-state index is 5.92. The smallest absolute Gasteiger partial charge is 0.0184 e. The number of thioether (sulfide) groups is 1. The molecule has 2 N–H and O–H groups in total. The van der Waals surface area contributed by atoms with Crippen LogP contribution in [-0.4, -0.2) is 12.3 Å². The van der Waals surface area contributed by atoms with E-state index in [1.54, 1.807) is 0 Å². The lowest BCUT2D eigenvalue weighted by atomic mass is 10.0. The molecule has 0 heterocycles. The maximum Gasteiger partial charge on any atom is 0.0184 e. The highest BCUT2D eigenvalue weighted by Crippen LogP contribution is 2.23. The summed E-state index contributed by atoms with van der Waals surface area (Å²) in [7, 11) is 0. The molecule has 20 heavy (non-hydrogen) atoms. The van der Waals surface area contributed by atoms with E-state index in [9.17, 15) is 0 Å². The molecule has 1 nitrogen and oxygen atoms in total. The Bertz CT molecular complexity index is 516. The van der Waals surface area contributed by atoms with E-state index in [0.29, 0.717) is 12.5 Å². The zero-order chi connectivity index (χ0) is 14.4. The van der Waals surface area contributed by atoms with E-state index in [1.807, 2.05) is 11.8 Å². The summed E-state index contributed by atoms with van der Waals surface area (Å²) in [5.41, 5.74) is 11.4. The monoisotopic (exact) mass is 285 g/mol. The highest BCUT2D eigenvalue weighted by Gasteiger charge is 2.09. The van der Waals surface area contributed by atoms with Gasteiger partial charge in [-0.2, -0.15) is 11.8 Å². The second-order valence-corrected chi connectivity index (χ2v) is 6.38. The maximum absolute atomic E-state index is 5.92. The summed E-state index contributed by atoms with van der Waals surface area (Å²) in [6.45, 7) is 5.03. The van der Waals surface area contributed by atoms with Crippen LogP contribution in [0.25, 0.3) is 0 Å². The van der Waals surface area contributed by atoms with Crippen LogP contribution in [0.5, 0.6) is 0 Å². The summed E-state index contributed by atoms with van der Waals surface area (Å²) in [5, 5.41) is 0. The summed E-state index contributed by atoms with van der Waals surface area (Å²) in [4.78, 5) is 0. The van der Waals surface area contributed by atoms with Crippen molar-refractivity contribution < 1.29 is 0 Å². The molecule has 2 aromatic carbocycles. The number of hydrogen-bond acceptors (Lipinski definition) is 2. The van der Waals surface area contributed by atoms with Crippen LogP contribution in [-0.2, 0) is 5.75 Å². The summed E-state index contributed by atoms with van der Waals surface area (Å²) < 4.78 is 0. The minimum atomic E-state index is 0.451. The fraction of sp³-hybridized carbons (Fsp3) is 0.333. The third kappa shape index (κ3) is 4.39. The van der Waals surface area contributed by atoms with Crippen molar-refractivity contribution in [2.75, 3.05) is 12.3 Å². The Balaban J connectivity index is 1.91. The average molecular weight is 285 g/mol. The number of benzene rings is 2. The van der Waals surface area contributed by atoms with Crippen molar-refractivity contribution in [1.29, 1.82) is 0 Å². The minimum absolute atomic E-state index is 0.451. The van der Waals surface area contributed by atoms with Crippen LogP contribution in [0.2, 0.25) is 0 Å². The Kier molecular flexibility index (Phi) is 5.69. The molecular formula is C18H23NS. The quantitative estimate of drug-likeness (QED) is 0.857. The summed E-state index contributed by atoms with van der Waals surface area (Å²) in [5.74, 6) is 2.59. The Labute approximate surface area is 126 Å². The zero-order valence-electron chi connectivity index (χ0n) is 12.3. The first-order chi connectivity index (χ1) is 9.69. The van der Waals surface area contributed by atoms with E-state index in [4.69, 9.17) is 5.73 Å². The fourth-order valence-corrected chi connectivity index (χ4v) is 3.63. The lowest BCUT2D eigenvalue weighted by Gasteiger charge is -2.15. The molecule has 1 unspecified atom stereocenters. The first-order valence-corrected chi connectivity index (χ1v) is 8.24. The third-order valence-corrected chi connectivity index (χ3v) is 4.60. The molecule has 0 aliphatic rings. The van der Waals surface area contributed by atoms with Gasteiger partial charge < -0.3 is 5.73 Å². The predicted molar refractivity (Wildman–Crippen MR) is 90.3 cm³/mol. The largest absolute Gasteiger partial charge is 0.330 e. The van der Waals surface area contributed by atoms with Gasteiger partial charge in [-0.15, -0.1) is 0 Å². The number of aryl methyl sites for hydroxylation is 2. The molecule has 0 spiro atoms. The predicted octanol–water partition coefficient (Wildman–Crippen LogP) is 4.28. The standard InChI is InChI=1S/C18H23NS/c1-14-8-15(2)10-16(9-14)12-20-13-18(11-19)17-6-4-3-5-7-17/h3-10,18H,11-13,19H2,1-2H3. The topological polar surface area (TPSA) is 26.0 Å². The van der Waals surface area contributed by atoms with Crippen molar-refractivity contribution in [3.8, 4) is 0 Å². The number of rotatable bonds is 6. The SMILES string of the molecule is Cc1cc(C)cc(CSCC(CN)c2ccccc2)c1. The van der Waals surface area contributed by atoms with Gasteiger partial charge in [0.2, 0.25) is 0 Å². The molecule has 0 fully saturated rings. The van der Waals surface area contributed by atoms with Gasteiger partial charge in [-0.25, -0.2) is 0 Å². The molecule has 0 radical (unpaired) electrons. The number of nitrogens with two attached hydrogens (primary N) is 1. The molecule has 106 valence electrons. The Morgan fingerprint density at radius 3 is 2.25 bits per heavy atom. The average Bonchev–Trinajstić information content (AvgIpc) is 2.43. The zero-order valence-corrected chi connectivity index (χ0v) is 13.1. The molecule has 2 heteroatoms. The summed E-state index contributed by atoms with van der Waals surface area (Å²) in [6.07, 6.45) is 0. The van der Waals surface area contributed by atoms with Crippen molar-refractivity contribution in [1.82, 2.24) is 0 Å². The Morgan fingerprint density at radius 2 is 1.65 bits per heavy atom.